The van der Waals surface area contributed by atoms with Crippen LogP contribution in [-0.2, 0) is 0 Å². The first-order chi connectivity index (χ1) is 8.47. The first-order valence-electron chi connectivity index (χ1n) is 5.30. The van der Waals surface area contributed by atoms with E-state index in [0.717, 1.165) is 10.7 Å². The number of nitrogens with one attached hydrogen (secondary N) is 1. The number of benzene rings is 1. The quantitative estimate of drug-likeness (QED) is 0.797. The van der Waals surface area contributed by atoms with E-state index in [-0.39, 0.29) is 6.04 Å². The third-order valence-corrected chi connectivity index (χ3v) is 4.05. The summed E-state index contributed by atoms with van der Waals surface area (Å²) in [6.45, 7) is 3.99. The Balaban J connectivity index is 2.24. The Labute approximate surface area is 125 Å². The van der Waals surface area contributed by atoms with Gasteiger partial charge in [-0.3, -0.25) is 0 Å². The van der Waals surface area contributed by atoms with Crippen molar-refractivity contribution >= 4 is 51.8 Å². The molecule has 2 aromatic rings. The number of aryl methyl sites for hydroxylation is 1. The highest BCUT2D eigenvalue weighted by Crippen LogP contribution is 2.35. The van der Waals surface area contributed by atoms with Crippen molar-refractivity contribution in [3.8, 4) is 0 Å². The lowest BCUT2D eigenvalue weighted by atomic mass is 10.2. The second-order valence-electron chi connectivity index (χ2n) is 3.90. The molecule has 0 amide bonds. The molecule has 1 N–H and O–H groups in total. The van der Waals surface area contributed by atoms with E-state index in [9.17, 15) is 0 Å². The maximum atomic E-state index is 6.12. The van der Waals surface area contributed by atoms with Crippen LogP contribution in [0.25, 0.3) is 0 Å². The number of thiazole rings is 1. The van der Waals surface area contributed by atoms with Crippen molar-refractivity contribution in [1.29, 1.82) is 0 Å². The lowest BCUT2D eigenvalue weighted by Crippen LogP contribution is -2.08. The molecule has 2 nitrogen and oxygen atoms in total. The van der Waals surface area contributed by atoms with Crippen molar-refractivity contribution in [2.75, 3.05) is 5.32 Å². The van der Waals surface area contributed by atoms with Crippen LogP contribution in [0.5, 0.6) is 0 Å². The monoisotopic (exact) mass is 320 g/mol. The number of halogens is 3. The van der Waals surface area contributed by atoms with Gasteiger partial charge in [0.2, 0.25) is 0 Å². The Kier molecular flexibility index (Phi) is 4.38. The molecule has 0 fully saturated rings. The molecule has 0 spiro atoms. The Morgan fingerprint density at radius 2 is 1.83 bits per heavy atom. The van der Waals surface area contributed by atoms with Crippen molar-refractivity contribution in [2.24, 2.45) is 0 Å². The van der Waals surface area contributed by atoms with Gasteiger partial charge in [0.25, 0.3) is 0 Å². The van der Waals surface area contributed by atoms with Gasteiger partial charge in [0, 0.05) is 10.4 Å². The minimum absolute atomic E-state index is 0.0334. The molecule has 1 heterocycles. The molecule has 0 saturated carbocycles. The molecule has 6 heteroatoms. The Morgan fingerprint density at radius 3 is 2.33 bits per heavy atom. The topological polar surface area (TPSA) is 24.9 Å². The predicted molar refractivity (Wildman–Crippen MR) is 80.4 cm³/mol. The summed E-state index contributed by atoms with van der Waals surface area (Å²) in [5.41, 5.74) is 1.65. The average Bonchev–Trinajstić information content (AvgIpc) is 2.70. The van der Waals surface area contributed by atoms with E-state index < -0.39 is 0 Å². The summed E-state index contributed by atoms with van der Waals surface area (Å²) >= 11 is 19.7. The lowest BCUT2D eigenvalue weighted by Gasteiger charge is -2.16. The zero-order valence-electron chi connectivity index (χ0n) is 9.80. The normalized spacial score (nSPS) is 12.5. The molecule has 0 aliphatic heterocycles. The van der Waals surface area contributed by atoms with Crippen LogP contribution >= 0.6 is 46.1 Å². The Morgan fingerprint density at radius 1 is 1.22 bits per heavy atom. The second-order valence-corrected chi connectivity index (χ2v) is 6.21. The van der Waals surface area contributed by atoms with Gasteiger partial charge in [-0.2, -0.15) is 0 Å². The van der Waals surface area contributed by atoms with Gasteiger partial charge in [-0.15, -0.1) is 11.3 Å². The third-order valence-electron chi connectivity index (χ3n) is 2.45. The van der Waals surface area contributed by atoms with Crippen LogP contribution in [0.15, 0.2) is 17.5 Å². The fourth-order valence-electron chi connectivity index (χ4n) is 1.55. The second kappa shape index (κ2) is 5.66. The van der Waals surface area contributed by atoms with Gasteiger partial charge in [-0.25, -0.2) is 4.98 Å². The maximum Gasteiger partial charge on any atom is 0.0898 e. The average molecular weight is 322 g/mol. The zero-order chi connectivity index (χ0) is 13.3. The van der Waals surface area contributed by atoms with E-state index in [1.54, 1.807) is 23.5 Å². The smallest absolute Gasteiger partial charge is 0.0898 e. The summed E-state index contributed by atoms with van der Waals surface area (Å²) in [4.78, 5) is 4.43. The highest BCUT2D eigenvalue weighted by atomic mass is 35.5. The molecule has 1 aromatic carbocycles. The summed E-state index contributed by atoms with van der Waals surface area (Å²) in [6.07, 6.45) is 0. The first kappa shape index (κ1) is 13.9. The van der Waals surface area contributed by atoms with E-state index in [4.69, 9.17) is 34.8 Å². The molecular formula is C12H11Cl3N2S. The molecule has 96 valence electrons. The van der Waals surface area contributed by atoms with E-state index in [2.05, 4.69) is 10.3 Å². The number of hydrogen-bond donors (Lipinski definition) is 1. The zero-order valence-corrected chi connectivity index (χ0v) is 12.9. The summed E-state index contributed by atoms with van der Waals surface area (Å²) in [7, 11) is 0. The minimum atomic E-state index is 0.0334. The lowest BCUT2D eigenvalue weighted by molar-refractivity contribution is 0.845. The number of hydrogen-bond acceptors (Lipinski definition) is 3. The molecule has 0 saturated heterocycles. The van der Waals surface area contributed by atoms with Crippen molar-refractivity contribution < 1.29 is 0 Å². The van der Waals surface area contributed by atoms with Gasteiger partial charge in [0.05, 0.1) is 32.5 Å². The van der Waals surface area contributed by atoms with Gasteiger partial charge in [-0.1, -0.05) is 34.8 Å². The van der Waals surface area contributed by atoms with Gasteiger partial charge in [0.15, 0.2) is 0 Å². The molecule has 1 atom stereocenters. The molecular weight excluding hydrogens is 311 g/mol. The molecule has 2 rings (SSSR count). The molecule has 18 heavy (non-hydrogen) atoms. The first-order valence-corrected chi connectivity index (χ1v) is 7.32. The van der Waals surface area contributed by atoms with Crippen LogP contribution in [0.2, 0.25) is 15.1 Å². The van der Waals surface area contributed by atoms with E-state index in [0.29, 0.717) is 20.8 Å². The number of nitrogens with zero attached hydrogens (tertiary/aromatic N) is 1. The molecule has 0 radical (unpaired) electrons. The Hall–Kier alpha value is -0.480. The van der Waals surface area contributed by atoms with Crippen LogP contribution in [0.1, 0.15) is 23.7 Å². The third kappa shape index (κ3) is 3.09. The van der Waals surface area contributed by atoms with Crippen LogP contribution in [0, 0.1) is 6.92 Å². The molecule has 0 aliphatic rings. The van der Waals surface area contributed by atoms with Gasteiger partial charge in [0.1, 0.15) is 0 Å². The number of aromatic nitrogens is 1. The van der Waals surface area contributed by atoms with E-state index in [1.165, 1.54) is 0 Å². The fraction of sp³-hybridized carbons (Fsp3) is 0.250. The largest absolute Gasteiger partial charge is 0.375 e. The van der Waals surface area contributed by atoms with Crippen molar-refractivity contribution in [2.45, 2.75) is 19.9 Å². The number of rotatable bonds is 3. The summed E-state index contributed by atoms with van der Waals surface area (Å²) in [5, 5.41) is 7.84. The molecule has 1 unspecified atom stereocenters. The summed E-state index contributed by atoms with van der Waals surface area (Å²) in [6, 6.07) is 3.36. The predicted octanol–water partition coefficient (Wildman–Crippen LogP) is 5.58. The summed E-state index contributed by atoms with van der Waals surface area (Å²) in [5.74, 6) is 0. The van der Waals surface area contributed by atoms with Crippen LogP contribution in [0.3, 0.4) is 0 Å². The van der Waals surface area contributed by atoms with Gasteiger partial charge in [-0.05, 0) is 26.0 Å². The summed E-state index contributed by atoms with van der Waals surface area (Å²) < 4.78 is 0. The maximum absolute atomic E-state index is 6.12. The van der Waals surface area contributed by atoms with E-state index in [1.807, 2.05) is 19.2 Å². The minimum Gasteiger partial charge on any atom is -0.375 e. The fourth-order valence-corrected chi connectivity index (χ4v) is 3.18. The molecule has 1 aromatic heterocycles. The number of anilines is 1. The highest BCUT2D eigenvalue weighted by molar-refractivity contribution is 7.09. The van der Waals surface area contributed by atoms with Gasteiger partial charge >= 0.3 is 0 Å². The van der Waals surface area contributed by atoms with Crippen LogP contribution in [0.4, 0.5) is 5.69 Å². The highest BCUT2D eigenvalue weighted by Gasteiger charge is 2.13. The SMILES string of the molecule is Cc1nc(C(C)Nc2c(Cl)cc(Cl)cc2Cl)cs1. The molecule has 0 aliphatic carbocycles. The van der Waals surface area contributed by atoms with E-state index >= 15 is 0 Å². The molecule has 0 bridgehead atoms. The van der Waals surface area contributed by atoms with Crippen molar-refractivity contribution in [1.82, 2.24) is 4.98 Å². The van der Waals surface area contributed by atoms with Crippen LogP contribution in [-0.4, -0.2) is 4.98 Å². The Bertz CT molecular complexity index is 545. The standard InChI is InChI=1S/C12H11Cl3N2S/c1-6(11-5-18-7(2)17-11)16-12-9(14)3-8(13)4-10(12)15/h3-6,16H,1-2H3. The van der Waals surface area contributed by atoms with Crippen LogP contribution < -0.4 is 5.32 Å². The van der Waals surface area contributed by atoms with Crippen molar-refractivity contribution in [3.05, 3.63) is 43.3 Å². The van der Waals surface area contributed by atoms with Gasteiger partial charge < -0.3 is 5.32 Å². The van der Waals surface area contributed by atoms with Crippen molar-refractivity contribution in [3.63, 3.8) is 0 Å².